The smallest absolute Gasteiger partial charge is 0.156 e. The highest BCUT2D eigenvalue weighted by atomic mass is 32.1. The van der Waals surface area contributed by atoms with Crippen molar-refractivity contribution in [1.29, 1.82) is 0 Å². The summed E-state index contributed by atoms with van der Waals surface area (Å²) < 4.78 is 23.0. The lowest BCUT2D eigenvalue weighted by Crippen LogP contribution is -2.32. The SMILES string of the molecule is c1ccc(N(c2cc(N(c3ccc4c(c3)oc3ccccc34)c3cccc4c3Oc3ccccc3C43c4ccccc4-c4ccccc43)c3c(c2)sc2ccccc23)c2ccc3oc4ccccc4c3c2)cc1. The van der Waals surface area contributed by atoms with Crippen LogP contribution in [-0.2, 0) is 5.41 Å². The molecule has 0 N–H and O–H groups in total. The number of rotatable bonds is 6. The predicted molar refractivity (Wildman–Crippen MR) is 301 cm³/mol. The summed E-state index contributed by atoms with van der Waals surface area (Å²) >= 11 is 1.82. The van der Waals surface area contributed by atoms with Crippen molar-refractivity contribution in [2.45, 2.75) is 5.41 Å². The first-order valence-electron chi connectivity index (χ1n) is 24.7. The van der Waals surface area contributed by atoms with E-state index in [-0.39, 0.29) is 0 Å². The van der Waals surface area contributed by atoms with E-state index < -0.39 is 5.41 Å². The molecule has 0 bridgehead atoms. The first-order valence-corrected chi connectivity index (χ1v) is 25.5. The number of hydrogen-bond acceptors (Lipinski definition) is 6. The second-order valence-corrected chi connectivity index (χ2v) is 20.2. The highest BCUT2D eigenvalue weighted by Crippen LogP contribution is 2.64. The summed E-state index contributed by atoms with van der Waals surface area (Å²) in [5.41, 5.74) is 15.8. The number of anilines is 6. The Morgan fingerprint density at radius 3 is 1.71 bits per heavy atom. The van der Waals surface area contributed by atoms with Crippen LogP contribution in [0, 0.1) is 0 Å². The minimum atomic E-state index is -0.659. The van der Waals surface area contributed by atoms with E-state index >= 15 is 0 Å². The minimum Gasteiger partial charge on any atom is -0.456 e. The van der Waals surface area contributed by atoms with E-state index in [0.29, 0.717) is 0 Å². The minimum absolute atomic E-state index is 0.659. The molecule has 14 aromatic rings. The molecule has 2 aliphatic rings. The lowest BCUT2D eigenvalue weighted by Gasteiger charge is -2.41. The van der Waals surface area contributed by atoms with Crippen molar-refractivity contribution in [2.24, 2.45) is 0 Å². The maximum Gasteiger partial charge on any atom is 0.156 e. The Labute approximate surface area is 423 Å². The first-order chi connectivity index (χ1) is 36.2. The average molecular weight is 953 g/mol. The Balaban J connectivity index is 1.02. The van der Waals surface area contributed by atoms with Crippen molar-refractivity contribution in [3.8, 4) is 22.6 Å². The third-order valence-electron chi connectivity index (χ3n) is 15.3. The zero-order valence-corrected chi connectivity index (χ0v) is 39.9. The number of hydrogen-bond donors (Lipinski definition) is 0. The molecule has 0 saturated heterocycles. The van der Waals surface area contributed by atoms with Gasteiger partial charge in [-0.25, -0.2) is 0 Å². The van der Waals surface area contributed by atoms with Gasteiger partial charge >= 0.3 is 0 Å². The van der Waals surface area contributed by atoms with E-state index in [4.69, 9.17) is 13.6 Å². The molecule has 3 aromatic heterocycles. The normalized spacial score (nSPS) is 13.2. The molecule has 0 atom stereocenters. The van der Waals surface area contributed by atoms with Crippen molar-refractivity contribution >= 4 is 110 Å². The van der Waals surface area contributed by atoms with E-state index in [9.17, 15) is 0 Å². The lowest BCUT2D eigenvalue weighted by atomic mass is 9.66. The van der Waals surface area contributed by atoms with Gasteiger partial charge < -0.3 is 23.4 Å². The molecular weight excluding hydrogens is 913 g/mol. The van der Waals surface area contributed by atoms with Crippen LogP contribution in [-0.4, -0.2) is 0 Å². The highest BCUT2D eigenvalue weighted by molar-refractivity contribution is 7.26. The summed E-state index contributed by atoms with van der Waals surface area (Å²) in [5, 5.41) is 6.63. The Morgan fingerprint density at radius 1 is 0.329 bits per heavy atom. The number of para-hydroxylation sites is 5. The lowest BCUT2D eigenvalue weighted by molar-refractivity contribution is 0.437. The molecule has 342 valence electrons. The van der Waals surface area contributed by atoms with Crippen LogP contribution in [0.5, 0.6) is 11.5 Å². The summed E-state index contributed by atoms with van der Waals surface area (Å²) in [7, 11) is 0. The molecule has 0 radical (unpaired) electrons. The number of nitrogens with zero attached hydrogens (tertiary/aromatic N) is 2. The van der Waals surface area contributed by atoms with Crippen LogP contribution in [0.2, 0.25) is 0 Å². The van der Waals surface area contributed by atoms with E-state index in [2.05, 4.69) is 234 Å². The van der Waals surface area contributed by atoms with Gasteiger partial charge in [0.15, 0.2) is 5.75 Å². The first kappa shape index (κ1) is 40.4. The van der Waals surface area contributed by atoms with Gasteiger partial charge in [-0.3, -0.25) is 0 Å². The van der Waals surface area contributed by atoms with Gasteiger partial charge in [0.2, 0.25) is 0 Å². The molecule has 0 saturated carbocycles. The fourth-order valence-electron chi connectivity index (χ4n) is 12.3. The largest absolute Gasteiger partial charge is 0.456 e. The van der Waals surface area contributed by atoms with Crippen molar-refractivity contribution in [2.75, 3.05) is 9.80 Å². The molecule has 6 heteroatoms. The van der Waals surface area contributed by atoms with E-state index in [1.807, 2.05) is 29.5 Å². The van der Waals surface area contributed by atoms with Crippen LogP contribution in [0.15, 0.2) is 251 Å². The Morgan fingerprint density at radius 2 is 0.918 bits per heavy atom. The predicted octanol–water partition coefficient (Wildman–Crippen LogP) is 19.3. The molecule has 5 nitrogen and oxygen atoms in total. The number of ether oxygens (including phenoxy) is 1. The Bertz CT molecular complexity index is 4540. The van der Waals surface area contributed by atoms with Gasteiger partial charge in [-0.2, -0.15) is 0 Å². The molecule has 4 heterocycles. The van der Waals surface area contributed by atoms with Crippen LogP contribution in [0.3, 0.4) is 0 Å². The van der Waals surface area contributed by atoms with Gasteiger partial charge in [0.25, 0.3) is 0 Å². The molecule has 1 spiro atoms. The Hall–Kier alpha value is -9.36. The van der Waals surface area contributed by atoms with Crippen molar-refractivity contribution < 1.29 is 13.6 Å². The monoisotopic (exact) mass is 952 g/mol. The number of fused-ring (bicyclic) bond motifs is 18. The zero-order valence-electron chi connectivity index (χ0n) is 39.1. The third kappa shape index (κ3) is 5.72. The summed E-state index contributed by atoms with van der Waals surface area (Å²) in [5.74, 6) is 1.63. The van der Waals surface area contributed by atoms with Crippen LogP contribution >= 0.6 is 11.3 Å². The van der Waals surface area contributed by atoms with Crippen LogP contribution in [0.4, 0.5) is 34.1 Å². The summed E-state index contributed by atoms with van der Waals surface area (Å²) in [6.07, 6.45) is 0. The zero-order chi connectivity index (χ0) is 47.8. The quantitative estimate of drug-likeness (QED) is 0.166. The van der Waals surface area contributed by atoms with Crippen LogP contribution in [0.1, 0.15) is 22.3 Å². The van der Waals surface area contributed by atoms with Crippen molar-refractivity contribution in [3.63, 3.8) is 0 Å². The molecule has 73 heavy (non-hydrogen) atoms. The van der Waals surface area contributed by atoms with Crippen LogP contribution in [0.25, 0.3) is 75.2 Å². The molecular formula is C67H40N2O3S. The van der Waals surface area contributed by atoms with Crippen molar-refractivity contribution in [1.82, 2.24) is 0 Å². The molecule has 0 unspecified atom stereocenters. The Kier molecular flexibility index (Phi) is 8.47. The molecule has 0 fully saturated rings. The van der Waals surface area contributed by atoms with Gasteiger partial charge in [0.1, 0.15) is 28.1 Å². The highest BCUT2D eigenvalue weighted by Gasteiger charge is 2.51. The maximum atomic E-state index is 7.47. The maximum absolute atomic E-state index is 7.47. The fourth-order valence-corrected chi connectivity index (χ4v) is 13.5. The van der Waals surface area contributed by atoms with Gasteiger partial charge in [0, 0.05) is 76.0 Å². The summed E-state index contributed by atoms with van der Waals surface area (Å²) in [6, 6.07) is 87.2. The van der Waals surface area contributed by atoms with Gasteiger partial charge in [-0.1, -0.05) is 152 Å². The second-order valence-electron chi connectivity index (χ2n) is 19.1. The van der Waals surface area contributed by atoms with Gasteiger partial charge in [0.05, 0.1) is 22.5 Å². The number of thiophene rings is 1. The van der Waals surface area contributed by atoms with E-state index in [1.54, 1.807) is 0 Å². The van der Waals surface area contributed by atoms with Crippen molar-refractivity contribution in [3.05, 3.63) is 265 Å². The number of benzene rings is 11. The topological polar surface area (TPSA) is 42.0 Å². The molecule has 11 aromatic carbocycles. The summed E-state index contributed by atoms with van der Waals surface area (Å²) in [4.78, 5) is 4.81. The summed E-state index contributed by atoms with van der Waals surface area (Å²) in [6.45, 7) is 0. The second kappa shape index (κ2) is 15.3. The van der Waals surface area contributed by atoms with E-state index in [1.165, 1.54) is 32.3 Å². The third-order valence-corrected chi connectivity index (χ3v) is 16.4. The van der Waals surface area contributed by atoms with Gasteiger partial charge in [-0.05, 0) is 107 Å². The van der Waals surface area contributed by atoms with Gasteiger partial charge in [-0.15, -0.1) is 11.3 Å². The van der Waals surface area contributed by atoms with Crippen LogP contribution < -0.4 is 14.5 Å². The van der Waals surface area contributed by atoms with E-state index in [0.717, 1.165) is 111 Å². The fraction of sp³-hybridized carbons (Fsp3) is 0.0149. The standard InChI is InChI=1S/C67H40N2O3S/c1-2-17-41(18-3-1)68(42-34-36-60-51(37-42)48-22-7-13-30-59(48)70-60)44-38-57(65-50-23-8-15-32-63(50)73-64(65)40-44)69(43-33-35-49-47-21-6-12-29-58(47)71-62(49)39-43)56-28-16-27-55-66(56)72-61-31-14-11-26-54(61)67(55)52-24-9-4-19-45(52)46-20-5-10-25-53(46)67/h1-40H. The molecule has 0 amide bonds. The average Bonchev–Trinajstić information content (AvgIpc) is 4.21. The molecule has 1 aliphatic carbocycles. The number of furan rings is 2. The molecule has 1 aliphatic heterocycles. The molecule has 16 rings (SSSR count).